The number of aliphatic hydroxyl groups is 1. The maximum Gasteiger partial charge on any atom is 0.148 e. The third-order valence-electron chi connectivity index (χ3n) is 4.25. The summed E-state index contributed by atoms with van der Waals surface area (Å²) in [7, 11) is 2.08. The second-order valence-corrected chi connectivity index (χ2v) is 6.05. The summed E-state index contributed by atoms with van der Waals surface area (Å²) in [4.78, 5) is 2.24. The standard InChI is InChI=1S/C17H22N4O/c1-21-11-9-17(22,10-12-21)13-18-16-8-7-15(19-20-16)14-5-3-2-4-6-14/h2-8,22H,9-13H2,1H3,(H,18,20). The third kappa shape index (κ3) is 3.61. The molecule has 0 radical (unpaired) electrons. The van der Waals surface area contributed by atoms with Gasteiger partial charge < -0.3 is 15.3 Å². The van der Waals surface area contributed by atoms with Crippen molar-refractivity contribution in [3.05, 3.63) is 42.5 Å². The van der Waals surface area contributed by atoms with Crippen LogP contribution in [0.5, 0.6) is 0 Å². The molecule has 0 saturated carbocycles. The van der Waals surface area contributed by atoms with Gasteiger partial charge >= 0.3 is 0 Å². The minimum atomic E-state index is -0.647. The first-order valence-electron chi connectivity index (χ1n) is 7.69. The molecule has 1 aliphatic rings. The summed E-state index contributed by atoms with van der Waals surface area (Å²) in [5, 5.41) is 22.2. The van der Waals surface area contributed by atoms with Crippen molar-refractivity contribution in [2.24, 2.45) is 0 Å². The fraction of sp³-hybridized carbons (Fsp3) is 0.412. The number of aromatic nitrogens is 2. The molecule has 0 aliphatic carbocycles. The second-order valence-electron chi connectivity index (χ2n) is 6.05. The van der Waals surface area contributed by atoms with Gasteiger partial charge in [0.25, 0.3) is 0 Å². The van der Waals surface area contributed by atoms with E-state index in [4.69, 9.17) is 0 Å². The molecule has 1 fully saturated rings. The summed E-state index contributed by atoms with van der Waals surface area (Å²) in [6, 6.07) is 13.8. The summed E-state index contributed by atoms with van der Waals surface area (Å²) in [5.74, 6) is 0.701. The zero-order valence-corrected chi connectivity index (χ0v) is 12.9. The van der Waals surface area contributed by atoms with Crippen LogP contribution in [0.15, 0.2) is 42.5 Å². The molecule has 5 heteroatoms. The molecule has 0 bridgehead atoms. The van der Waals surface area contributed by atoms with Gasteiger partial charge in [0.2, 0.25) is 0 Å². The number of hydrogen-bond donors (Lipinski definition) is 2. The number of anilines is 1. The zero-order valence-electron chi connectivity index (χ0n) is 12.9. The van der Waals surface area contributed by atoms with E-state index in [1.165, 1.54) is 0 Å². The number of hydrogen-bond acceptors (Lipinski definition) is 5. The number of nitrogens with zero attached hydrogens (tertiary/aromatic N) is 3. The van der Waals surface area contributed by atoms with E-state index in [1.807, 2.05) is 42.5 Å². The first-order chi connectivity index (χ1) is 10.6. The second kappa shape index (κ2) is 6.42. The number of piperidine rings is 1. The van der Waals surface area contributed by atoms with E-state index in [2.05, 4.69) is 27.5 Å². The van der Waals surface area contributed by atoms with Gasteiger partial charge in [0.15, 0.2) is 0 Å². The average Bonchev–Trinajstić information content (AvgIpc) is 2.57. The fourth-order valence-electron chi connectivity index (χ4n) is 2.66. The van der Waals surface area contributed by atoms with Crippen LogP contribution in [0.25, 0.3) is 11.3 Å². The lowest BCUT2D eigenvalue weighted by Crippen LogP contribution is -2.47. The highest BCUT2D eigenvalue weighted by Gasteiger charge is 2.30. The topological polar surface area (TPSA) is 61.3 Å². The lowest BCUT2D eigenvalue weighted by atomic mass is 9.91. The molecule has 0 unspecified atom stereocenters. The van der Waals surface area contributed by atoms with E-state index in [0.29, 0.717) is 12.4 Å². The SMILES string of the molecule is CN1CCC(O)(CNc2ccc(-c3ccccc3)nn2)CC1. The lowest BCUT2D eigenvalue weighted by molar-refractivity contribution is -0.00410. The van der Waals surface area contributed by atoms with Gasteiger partial charge in [-0.25, -0.2) is 0 Å². The van der Waals surface area contributed by atoms with Gasteiger partial charge in [-0.15, -0.1) is 10.2 Å². The van der Waals surface area contributed by atoms with Gasteiger partial charge in [0.1, 0.15) is 5.82 Å². The number of nitrogens with one attached hydrogen (secondary N) is 1. The van der Waals surface area contributed by atoms with E-state index < -0.39 is 5.60 Å². The Hall–Kier alpha value is -1.98. The minimum absolute atomic E-state index is 0.514. The zero-order chi connectivity index (χ0) is 15.4. The van der Waals surface area contributed by atoms with Crippen LogP contribution < -0.4 is 5.32 Å². The summed E-state index contributed by atoms with van der Waals surface area (Å²) in [6.07, 6.45) is 1.57. The highest BCUT2D eigenvalue weighted by Crippen LogP contribution is 2.22. The molecule has 0 spiro atoms. The largest absolute Gasteiger partial charge is 0.388 e. The molecule has 2 heterocycles. The molecule has 1 saturated heterocycles. The van der Waals surface area contributed by atoms with Crippen molar-refractivity contribution in [1.82, 2.24) is 15.1 Å². The third-order valence-corrected chi connectivity index (χ3v) is 4.25. The van der Waals surface area contributed by atoms with Crippen molar-refractivity contribution < 1.29 is 5.11 Å². The monoisotopic (exact) mass is 298 g/mol. The minimum Gasteiger partial charge on any atom is -0.388 e. The number of rotatable bonds is 4. The Morgan fingerprint density at radius 1 is 1.09 bits per heavy atom. The Bertz CT molecular complexity index is 592. The predicted molar refractivity (Wildman–Crippen MR) is 87.6 cm³/mol. The normalized spacial score (nSPS) is 18.1. The van der Waals surface area contributed by atoms with Gasteiger partial charge in [-0.3, -0.25) is 0 Å². The molecule has 1 aromatic heterocycles. The molecule has 0 atom stereocenters. The molecular weight excluding hydrogens is 276 g/mol. The van der Waals surface area contributed by atoms with Gasteiger partial charge in [-0.1, -0.05) is 30.3 Å². The van der Waals surface area contributed by atoms with Crippen molar-refractivity contribution in [3.8, 4) is 11.3 Å². The Balaban J connectivity index is 1.60. The summed E-state index contributed by atoms with van der Waals surface area (Å²) >= 11 is 0. The van der Waals surface area contributed by atoms with Crippen LogP contribution in [0, 0.1) is 0 Å². The van der Waals surface area contributed by atoms with Crippen molar-refractivity contribution in [1.29, 1.82) is 0 Å². The van der Waals surface area contributed by atoms with Crippen LogP contribution >= 0.6 is 0 Å². The summed E-state index contributed by atoms with van der Waals surface area (Å²) < 4.78 is 0. The van der Waals surface area contributed by atoms with E-state index in [-0.39, 0.29) is 0 Å². The van der Waals surface area contributed by atoms with Crippen LogP contribution in [0.3, 0.4) is 0 Å². The predicted octanol–water partition coefficient (Wildman–Crippen LogP) is 2.01. The quantitative estimate of drug-likeness (QED) is 0.904. The van der Waals surface area contributed by atoms with Crippen molar-refractivity contribution in [2.45, 2.75) is 18.4 Å². The Kier molecular flexibility index (Phi) is 4.36. The van der Waals surface area contributed by atoms with Crippen LogP contribution in [0.4, 0.5) is 5.82 Å². The molecule has 2 aromatic rings. The molecule has 116 valence electrons. The van der Waals surface area contributed by atoms with Crippen LogP contribution in [0.2, 0.25) is 0 Å². The number of likely N-dealkylation sites (tertiary alicyclic amines) is 1. The summed E-state index contributed by atoms with van der Waals surface area (Å²) in [5.41, 5.74) is 1.26. The molecule has 3 rings (SSSR count). The van der Waals surface area contributed by atoms with E-state index in [9.17, 15) is 5.11 Å². The molecule has 22 heavy (non-hydrogen) atoms. The lowest BCUT2D eigenvalue weighted by Gasteiger charge is -2.36. The first kappa shape index (κ1) is 14.9. The van der Waals surface area contributed by atoms with Crippen LogP contribution in [0.1, 0.15) is 12.8 Å². The molecule has 0 amide bonds. The first-order valence-corrected chi connectivity index (χ1v) is 7.69. The van der Waals surface area contributed by atoms with Crippen LogP contribution in [-0.2, 0) is 0 Å². The van der Waals surface area contributed by atoms with Gasteiger partial charge in [-0.05, 0) is 32.0 Å². The molecule has 1 aromatic carbocycles. The van der Waals surface area contributed by atoms with E-state index in [0.717, 1.165) is 37.2 Å². The highest BCUT2D eigenvalue weighted by atomic mass is 16.3. The fourth-order valence-corrected chi connectivity index (χ4v) is 2.66. The molecule has 1 aliphatic heterocycles. The maximum atomic E-state index is 10.5. The maximum absolute atomic E-state index is 10.5. The van der Waals surface area contributed by atoms with Crippen molar-refractivity contribution >= 4 is 5.82 Å². The number of benzene rings is 1. The Morgan fingerprint density at radius 3 is 2.45 bits per heavy atom. The molecular formula is C17H22N4O. The van der Waals surface area contributed by atoms with Gasteiger partial charge in [0.05, 0.1) is 11.3 Å². The Labute approximate surface area is 131 Å². The molecule has 2 N–H and O–H groups in total. The van der Waals surface area contributed by atoms with Gasteiger partial charge in [-0.2, -0.15) is 0 Å². The summed E-state index contributed by atoms with van der Waals surface area (Å²) in [6.45, 7) is 2.37. The van der Waals surface area contributed by atoms with E-state index in [1.54, 1.807) is 0 Å². The van der Waals surface area contributed by atoms with Crippen LogP contribution in [-0.4, -0.2) is 52.5 Å². The average molecular weight is 298 g/mol. The van der Waals surface area contributed by atoms with Crippen molar-refractivity contribution in [3.63, 3.8) is 0 Å². The van der Waals surface area contributed by atoms with E-state index >= 15 is 0 Å². The van der Waals surface area contributed by atoms with Crippen molar-refractivity contribution in [2.75, 3.05) is 32.0 Å². The smallest absolute Gasteiger partial charge is 0.148 e. The van der Waals surface area contributed by atoms with Gasteiger partial charge in [0, 0.05) is 25.2 Å². The molecule has 5 nitrogen and oxygen atoms in total. The Morgan fingerprint density at radius 2 is 1.82 bits per heavy atom. The highest BCUT2D eigenvalue weighted by molar-refractivity contribution is 5.59.